The zero-order valence-electron chi connectivity index (χ0n) is 27.5. The molecular weight excluding hydrogens is 607 g/mol. The van der Waals surface area contributed by atoms with Gasteiger partial charge in [0, 0.05) is 26.1 Å². The van der Waals surface area contributed by atoms with E-state index < -0.39 is 6.04 Å². The van der Waals surface area contributed by atoms with E-state index >= 15 is 0 Å². The zero-order valence-corrected chi connectivity index (χ0v) is 28.3. The number of benzene rings is 4. The Labute approximate surface area is 284 Å². The van der Waals surface area contributed by atoms with Gasteiger partial charge in [0.15, 0.2) is 0 Å². The highest BCUT2D eigenvalue weighted by molar-refractivity contribution is 8.00. The molecule has 2 amide bonds. The molecule has 0 saturated heterocycles. The summed E-state index contributed by atoms with van der Waals surface area (Å²) in [4.78, 5) is 27.5. The summed E-state index contributed by atoms with van der Waals surface area (Å²) in [6.45, 7) is 2.35. The number of nitrogens with zero attached hydrogens (tertiary/aromatic N) is 1. The highest BCUT2D eigenvalue weighted by Crippen LogP contribution is 2.48. The Kier molecular flexibility index (Phi) is 15.0. The molecule has 0 saturated carbocycles. The molecule has 0 spiro atoms. The van der Waals surface area contributed by atoms with Crippen LogP contribution >= 0.6 is 11.8 Å². The molecule has 248 valence electrons. The maximum Gasteiger partial charge on any atom is 0.246 e. The molecule has 4 rings (SSSR count). The molecule has 0 fully saturated rings. The van der Waals surface area contributed by atoms with E-state index in [-0.39, 0.29) is 23.2 Å². The predicted octanol–water partition coefficient (Wildman–Crippen LogP) is 5.54. The smallest absolute Gasteiger partial charge is 0.246 e. The molecule has 0 aliphatic rings. The monoisotopic (exact) mass is 653 g/mol. The first-order valence-electron chi connectivity index (χ1n) is 16.2. The van der Waals surface area contributed by atoms with Gasteiger partial charge >= 0.3 is 0 Å². The van der Waals surface area contributed by atoms with Crippen molar-refractivity contribution >= 4 is 23.6 Å². The first-order chi connectivity index (χ1) is 23.0. The van der Waals surface area contributed by atoms with Crippen molar-refractivity contribution in [1.82, 2.24) is 15.5 Å². The van der Waals surface area contributed by atoms with Crippen molar-refractivity contribution in [3.8, 4) is 0 Å². The molecular formula is C39H47N3O4S. The predicted molar refractivity (Wildman–Crippen MR) is 192 cm³/mol. The quantitative estimate of drug-likeness (QED) is 0.0964. The fraction of sp³-hybridized carbons (Fsp3) is 0.333. The normalized spacial score (nSPS) is 12.1. The van der Waals surface area contributed by atoms with Gasteiger partial charge in [-0.25, -0.2) is 0 Å². The number of carbonyl (C=O) groups excluding carboxylic acids is 2. The average Bonchev–Trinajstić information content (AvgIpc) is 3.10. The molecule has 47 heavy (non-hydrogen) atoms. The van der Waals surface area contributed by atoms with Crippen LogP contribution in [0.1, 0.15) is 28.7 Å². The Bertz CT molecular complexity index is 1360. The van der Waals surface area contributed by atoms with Crippen LogP contribution in [0.2, 0.25) is 0 Å². The molecule has 0 aromatic heterocycles. The number of rotatable bonds is 20. The molecule has 1 atom stereocenters. The summed E-state index contributed by atoms with van der Waals surface area (Å²) < 4.78 is 11.1. The van der Waals surface area contributed by atoms with Crippen molar-refractivity contribution in [2.24, 2.45) is 0 Å². The van der Waals surface area contributed by atoms with Gasteiger partial charge in [0.1, 0.15) is 12.6 Å². The third-order valence-corrected chi connectivity index (χ3v) is 9.32. The van der Waals surface area contributed by atoms with Crippen molar-refractivity contribution in [3.05, 3.63) is 144 Å². The third-order valence-electron chi connectivity index (χ3n) is 7.69. The topological polar surface area (TPSA) is 79.9 Å². The molecule has 4 aromatic rings. The van der Waals surface area contributed by atoms with Gasteiger partial charge in [-0.15, -0.1) is 11.8 Å². The van der Waals surface area contributed by atoms with Crippen molar-refractivity contribution in [3.63, 3.8) is 0 Å². The van der Waals surface area contributed by atoms with Crippen molar-refractivity contribution in [2.75, 3.05) is 59.4 Å². The number of amides is 2. The summed E-state index contributed by atoms with van der Waals surface area (Å²) >= 11 is 1.92. The summed E-state index contributed by atoms with van der Waals surface area (Å²) in [5, 5.41) is 5.76. The van der Waals surface area contributed by atoms with Crippen molar-refractivity contribution < 1.29 is 19.1 Å². The van der Waals surface area contributed by atoms with Gasteiger partial charge in [-0.2, -0.15) is 0 Å². The molecule has 7 nitrogen and oxygen atoms in total. The van der Waals surface area contributed by atoms with Crippen LogP contribution in [0.3, 0.4) is 0 Å². The molecule has 4 aromatic carbocycles. The van der Waals surface area contributed by atoms with Crippen LogP contribution in [0.4, 0.5) is 0 Å². The Balaban J connectivity index is 1.22. The second-order valence-corrected chi connectivity index (χ2v) is 12.9. The Morgan fingerprint density at radius 1 is 0.723 bits per heavy atom. The summed E-state index contributed by atoms with van der Waals surface area (Å²) in [6, 6.07) is 41.0. The maximum atomic E-state index is 12.9. The van der Waals surface area contributed by atoms with Crippen LogP contribution in [-0.2, 0) is 30.2 Å². The number of nitrogens with one attached hydrogen (secondary N) is 2. The van der Waals surface area contributed by atoms with Gasteiger partial charge in [-0.05, 0) is 48.5 Å². The van der Waals surface area contributed by atoms with E-state index in [1.165, 1.54) is 16.7 Å². The van der Waals surface area contributed by atoms with E-state index in [9.17, 15) is 9.59 Å². The number of ether oxygens (including phenoxy) is 2. The van der Waals surface area contributed by atoms with Crippen LogP contribution < -0.4 is 10.6 Å². The third kappa shape index (κ3) is 11.4. The molecule has 1 unspecified atom stereocenters. The minimum absolute atomic E-state index is 0.136. The number of thioether (sulfide) groups is 1. The Hall–Kier alpha value is -3.95. The Morgan fingerprint density at radius 2 is 1.23 bits per heavy atom. The summed E-state index contributed by atoms with van der Waals surface area (Å²) in [5.74, 6) is 0.353. The molecule has 8 heteroatoms. The largest absolute Gasteiger partial charge is 0.379 e. The summed E-state index contributed by atoms with van der Waals surface area (Å²) in [7, 11) is 3.90. The SMILES string of the molecule is CN(C)CCNC(=O)C(Cc1ccccc1)NC(=O)COCCOCCCSC(c1ccccc1)(c1ccccc1)c1ccccc1. The Morgan fingerprint density at radius 3 is 1.77 bits per heavy atom. The van der Waals surface area contributed by atoms with Gasteiger partial charge in [0.05, 0.1) is 18.0 Å². The minimum atomic E-state index is -0.681. The number of likely N-dealkylation sites (N-methyl/N-ethyl adjacent to an activating group) is 1. The molecule has 0 aliphatic carbocycles. The van der Waals surface area contributed by atoms with Gasteiger partial charge < -0.3 is 25.0 Å². The average molecular weight is 654 g/mol. The van der Waals surface area contributed by atoms with E-state index in [0.717, 1.165) is 17.7 Å². The zero-order chi connectivity index (χ0) is 33.2. The second-order valence-electron chi connectivity index (χ2n) is 11.6. The second kappa shape index (κ2) is 19.7. The van der Waals surface area contributed by atoms with Gasteiger partial charge in [-0.1, -0.05) is 121 Å². The lowest BCUT2D eigenvalue weighted by Crippen LogP contribution is -2.50. The van der Waals surface area contributed by atoms with E-state index in [2.05, 4.69) is 102 Å². The lowest BCUT2D eigenvalue weighted by molar-refractivity contribution is -0.131. The van der Waals surface area contributed by atoms with E-state index in [4.69, 9.17) is 9.47 Å². The van der Waals surface area contributed by atoms with Crippen LogP contribution in [-0.4, -0.2) is 82.1 Å². The lowest BCUT2D eigenvalue weighted by atomic mass is 9.84. The number of hydrogen-bond acceptors (Lipinski definition) is 6. The first-order valence-corrected chi connectivity index (χ1v) is 17.2. The summed E-state index contributed by atoms with van der Waals surface area (Å²) in [6.07, 6.45) is 1.27. The first kappa shape index (κ1) is 35.9. The van der Waals surface area contributed by atoms with E-state index in [0.29, 0.717) is 39.3 Å². The highest BCUT2D eigenvalue weighted by Gasteiger charge is 2.36. The van der Waals surface area contributed by atoms with Crippen LogP contribution in [0.5, 0.6) is 0 Å². The van der Waals surface area contributed by atoms with E-state index in [1.807, 2.05) is 61.1 Å². The fourth-order valence-corrected chi connectivity index (χ4v) is 6.84. The van der Waals surface area contributed by atoms with Crippen LogP contribution in [0, 0.1) is 0 Å². The standard InChI is InChI=1S/C39H47N3O4S/c1-42(2)25-24-40-38(44)36(30-32-16-7-3-8-17-32)41-37(43)31-46-28-27-45-26-15-29-47-39(33-18-9-4-10-19-33,34-20-11-5-12-21-34)35-22-13-6-14-23-35/h3-14,16-23,36H,15,24-31H2,1-2H3,(H,40,44)(H,41,43). The fourth-order valence-electron chi connectivity index (χ4n) is 5.36. The van der Waals surface area contributed by atoms with Crippen molar-refractivity contribution in [2.45, 2.75) is 23.6 Å². The highest BCUT2D eigenvalue weighted by atomic mass is 32.2. The van der Waals surface area contributed by atoms with Gasteiger partial charge in [0.25, 0.3) is 0 Å². The maximum absolute atomic E-state index is 12.9. The minimum Gasteiger partial charge on any atom is -0.379 e. The molecule has 0 aliphatic heterocycles. The number of hydrogen-bond donors (Lipinski definition) is 2. The molecule has 0 heterocycles. The molecule has 0 radical (unpaired) electrons. The van der Waals surface area contributed by atoms with Gasteiger partial charge in [-0.3, -0.25) is 9.59 Å². The molecule has 0 bridgehead atoms. The summed E-state index contributed by atoms with van der Waals surface area (Å²) in [5.41, 5.74) is 4.70. The van der Waals surface area contributed by atoms with Crippen LogP contribution in [0.15, 0.2) is 121 Å². The van der Waals surface area contributed by atoms with Crippen LogP contribution in [0.25, 0.3) is 0 Å². The van der Waals surface area contributed by atoms with E-state index in [1.54, 1.807) is 0 Å². The molecule has 2 N–H and O–H groups in total. The number of carbonyl (C=O) groups is 2. The van der Waals surface area contributed by atoms with Gasteiger partial charge in [0.2, 0.25) is 11.8 Å². The van der Waals surface area contributed by atoms with Crippen molar-refractivity contribution in [1.29, 1.82) is 0 Å². The lowest BCUT2D eigenvalue weighted by Gasteiger charge is -2.35.